The van der Waals surface area contributed by atoms with Gasteiger partial charge in [0.15, 0.2) is 0 Å². The number of hydrogen-bond acceptors (Lipinski definition) is 2. The molecule has 0 radical (unpaired) electrons. The summed E-state index contributed by atoms with van der Waals surface area (Å²) in [5, 5.41) is 2.89. The van der Waals surface area contributed by atoms with E-state index in [1.54, 1.807) is 0 Å². The number of carbonyl (C=O) groups excluding carboxylic acids is 1. The Morgan fingerprint density at radius 3 is 3.00 bits per heavy atom. The van der Waals surface area contributed by atoms with Gasteiger partial charge in [-0.2, -0.15) is 0 Å². The van der Waals surface area contributed by atoms with Crippen LogP contribution in [0.2, 0.25) is 0 Å². The van der Waals surface area contributed by atoms with E-state index < -0.39 is 0 Å². The minimum Gasteiger partial charge on any atom is -0.338 e. The molecule has 0 aromatic carbocycles. The maximum absolute atomic E-state index is 11.5. The van der Waals surface area contributed by atoms with Gasteiger partial charge in [0.2, 0.25) is 0 Å². The van der Waals surface area contributed by atoms with Crippen molar-refractivity contribution in [3.63, 3.8) is 0 Å². The molecule has 1 unspecified atom stereocenters. The zero-order valence-corrected chi connectivity index (χ0v) is 8.83. The Morgan fingerprint density at radius 1 is 1.50 bits per heavy atom. The lowest BCUT2D eigenvalue weighted by Crippen LogP contribution is -2.48. The molecule has 0 spiro atoms. The van der Waals surface area contributed by atoms with E-state index in [0.717, 1.165) is 32.6 Å². The zero-order valence-electron chi connectivity index (χ0n) is 8.83. The van der Waals surface area contributed by atoms with Crippen LogP contribution in [0.25, 0.3) is 0 Å². The lowest BCUT2D eigenvalue weighted by atomic mass is 10.1. The molecular formula is C10H19N3O. The van der Waals surface area contributed by atoms with Crippen molar-refractivity contribution in [2.75, 3.05) is 39.8 Å². The molecule has 2 heterocycles. The molecule has 2 aliphatic rings. The molecule has 4 heteroatoms. The van der Waals surface area contributed by atoms with Crippen LogP contribution >= 0.6 is 0 Å². The zero-order chi connectivity index (χ0) is 9.97. The Morgan fingerprint density at radius 2 is 2.36 bits per heavy atom. The number of nitrogens with zero attached hydrogens (tertiary/aromatic N) is 2. The largest absolute Gasteiger partial charge is 0.338 e. The minimum absolute atomic E-state index is 0.130. The molecule has 1 N–H and O–H groups in total. The van der Waals surface area contributed by atoms with Crippen molar-refractivity contribution in [1.29, 1.82) is 0 Å². The van der Waals surface area contributed by atoms with Gasteiger partial charge in [0.05, 0.1) is 0 Å². The van der Waals surface area contributed by atoms with Gasteiger partial charge in [-0.1, -0.05) is 0 Å². The summed E-state index contributed by atoms with van der Waals surface area (Å²) in [7, 11) is 2.15. The Bertz CT molecular complexity index is 219. The van der Waals surface area contributed by atoms with Crippen molar-refractivity contribution in [2.45, 2.75) is 12.8 Å². The summed E-state index contributed by atoms with van der Waals surface area (Å²) in [5.74, 6) is 0.684. The molecule has 0 aliphatic carbocycles. The highest BCUT2D eigenvalue weighted by atomic mass is 16.2. The van der Waals surface area contributed by atoms with E-state index in [4.69, 9.17) is 0 Å². The summed E-state index contributed by atoms with van der Waals surface area (Å²) < 4.78 is 0. The number of likely N-dealkylation sites (tertiary alicyclic amines) is 1. The third-order valence-electron chi connectivity index (χ3n) is 3.14. The van der Waals surface area contributed by atoms with Gasteiger partial charge in [-0.15, -0.1) is 0 Å². The second kappa shape index (κ2) is 4.17. The maximum Gasteiger partial charge on any atom is 0.317 e. The van der Waals surface area contributed by atoms with Crippen LogP contribution < -0.4 is 5.32 Å². The van der Waals surface area contributed by atoms with E-state index >= 15 is 0 Å². The van der Waals surface area contributed by atoms with Gasteiger partial charge in [-0.25, -0.2) is 4.79 Å². The number of amides is 2. The van der Waals surface area contributed by atoms with E-state index in [1.165, 1.54) is 13.0 Å². The number of urea groups is 1. The van der Waals surface area contributed by atoms with Crippen molar-refractivity contribution < 1.29 is 4.79 Å². The fourth-order valence-corrected chi connectivity index (χ4v) is 2.34. The molecule has 0 aromatic heterocycles. The summed E-state index contributed by atoms with van der Waals surface area (Å²) in [6, 6.07) is 0.130. The van der Waals surface area contributed by atoms with Crippen LogP contribution in [0.5, 0.6) is 0 Å². The third kappa shape index (κ3) is 2.18. The lowest BCUT2D eigenvalue weighted by Gasteiger charge is -2.29. The van der Waals surface area contributed by atoms with Crippen LogP contribution in [0, 0.1) is 5.92 Å². The van der Waals surface area contributed by atoms with Gasteiger partial charge in [0, 0.05) is 26.2 Å². The molecule has 80 valence electrons. The maximum atomic E-state index is 11.5. The predicted octanol–water partition coefficient (Wildman–Crippen LogP) is 0.353. The van der Waals surface area contributed by atoms with Crippen LogP contribution in [0.3, 0.4) is 0 Å². The van der Waals surface area contributed by atoms with Crippen molar-refractivity contribution >= 4 is 6.03 Å². The van der Waals surface area contributed by atoms with Gasteiger partial charge < -0.3 is 15.1 Å². The van der Waals surface area contributed by atoms with E-state index in [2.05, 4.69) is 17.3 Å². The quantitative estimate of drug-likeness (QED) is 0.693. The Kier molecular flexibility index (Phi) is 2.91. The third-order valence-corrected chi connectivity index (χ3v) is 3.14. The molecule has 0 aromatic rings. The molecule has 4 nitrogen and oxygen atoms in total. The molecule has 2 amide bonds. The van der Waals surface area contributed by atoms with E-state index in [-0.39, 0.29) is 6.03 Å². The van der Waals surface area contributed by atoms with Crippen molar-refractivity contribution in [2.24, 2.45) is 5.92 Å². The number of nitrogens with one attached hydrogen (secondary N) is 1. The number of hydrogen-bond donors (Lipinski definition) is 1. The standard InChI is InChI=1S/C10H19N3O/c1-12-6-3-9(7-12)8-13-5-2-4-11-10(13)14/h9H,2-8H2,1H3,(H,11,14). The summed E-state index contributed by atoms with van der Waals surface area (Å²) in [4.78, 5) is 15.8. The van der Waals surface area contributed by atoms with Crippen LogP contribution in [0.4, 0.5) is 4.79 Å². The first-order chi connectivity index (χ1) is 6.75. The highest BCUT2D eigenvalue weighted by molar-refractivity contribution is 5.74. The monoisotopic (exact) mass is 197 g/mol. The fraction of sp³-hybridized carbons (Fsp3) is 0.900. The van der Waals surface area contributed by atoms with Gasteiger partial charge in [-0.05, 0) is 32.4 Å². The SMILES string of the molecule is CN1CCC(CN2CCCNC2=O)C1. The summed E-state index contributed by atoms with van der Waals surface area (Å²) >= 11 is 0. The highest BCUT2D eigenvalue weighted by Gasteiger charge is 2.25. The highest BCUT2D eigenvalue weighted by Crippen LogP contribution is 2.16. The Labute approximate surface area is 85.2 Å². The first kappa shape index (κ1) is 9.77. The van der Waals surface area contributed by atoms with E-state index in [9.17, 15) is 4.79 Å². The molecule has 2 rings (SSSR count). The topological polar surface area (TPSA) is 35.6 Å². The molecule has 0 saturated carbocycles. The minimum atomic E-state index is 0.130. The van der Waals surface area contributed by atoms with E-state index in [0.29, 0.717) is 5.92 Å². The molecular weight excluding hydrogens is 178 g/mol. The van der Waals surface area contributed by atoms with Gasteiger partial charge in [-0.3, -0.25) is 0 Å². The van der Waals surface area contributed by atoms with Crippen LogP contribution in [-0.4, -0.2) is 55.6 Å². The lowest BCUT2D eigenvalue weighted by molar-refractivity contribution is 0.175. The smallest absolute Gasteiger partial charge is 0.317 e. The Balaban J connectivity index is 1.81. The van der Waals surface area contributed by atoms with Crippen LogP contribution in [0.1, 0.15) is 12.8 Å². The van der Waals surface area contributed by atoms with Crippen molar-refractivity contribution in [3.05, 3.63) is 0 Å². The fourth-order valence-electron chi connectivity index (χ4n) is 2.34. The molecule has 0 bridgehead atoms. The second-order valence-electron chi connectivity index (χ2n) is 4.45. The molecule has 14 heavy (non-hydrogen) atoms. The average Bonchev–Trinajstić information content (AvgIpc) is 2.56. The molecule has 2 saturated heterocycles. The van der Waals surface area contributed by atoms with Gasteiger partial charge >= 0.3 is 6.03 Å². The molecule has 1 atom stereocenters. The first-order valence-electron chi connectivity index (χ1n) is 5.47. The predicted molar refractivity (Wildman–Crippen MR) is 55.2 cm³/mol. The van der Waals surface area contributed by atoms with Crippen LogP contribution in [-0.2, 0) is 0 Å². The summed E-state index contributed by atoms with van der Waals surface area (Å²) in [6.07, 6.45) is 2.33. The van der Waals surface area contributed by atoms with Crippen molar-refractivity contribution in [1.82, 2.24) is 15.1 Å². The van der Waals surface area contributed by atoms with Gasteiger partial charge in [0.1, 0.15) is 0 Å². The Hall–Kier alpha value is -0.770. The summed E-state index contributed by atoms with van der Waals surface area (Å²) in [6.45, 7) is 5.05. The van der Waals surface area contributed by atoms with Crippen LogP contribution in [0.15, 0.2) is 0 Å². The average molecular weight is 197 g/mol. The summed E-state index contributed by atoms with van der Waals surface area (Å²) in [5.41, 5.74) is 0. The first-order valence-corrected chi connectivity index (χ1v) is 5.47. The second-order valence-corrected chi connectivity index (χ2v) is 4.45. The van der Waals surface area contributed by atoms with E-state index in [1.807, 2.05) is 4.90 Å². The van der Waals surface area contributed by atoms with Crippen molar-refractivity contribution in [3.8, 4) is 0 Å². The molecule has 2 fully saturated rings. The van der Waals surface area contributed by atoms with Gasteiger partial charge in [0.25, 0.3) is 0 Å². The normalized spacial score (nSPS) is 29.4. The number of carbonyl (C=O) groups is 1. The number of rotatable bonds is 2. The molecule has 2 aliphatic heterocycles.